The Morgan fingerprint density at radius 2 is 2.11 bits per heavy atom. The zero-order valence-corrected chi connectivity index (χ0v) is 11.2. The third-order valence-corrected chi connectivity index (χ3v) is 4.03. The second-order valence-corrected chi connectivity index (χ2v) is 6.19. The Morgan fingerprint density at radius 1 is 1.42 bits per heavy atom. The van der Waals surface area contributed by atoms with E-state index in [0.29, 0.717) is 0 Å². The number of rotatable bonds is 3. The molecule has 0 bridgehead atoms. The van der Waals surface area contributed by atoms with Gasteiger partial charge in [-0.1, -0.05) is 11.6 Å². The van der Waals surface area contributed by atoms with Crippen molar-refractivity contribution in [1.82, 2.24) is 0 Å². The first-order valence-electron chi connectivity index (χ1n) is 5.44. The topological polar surface area (TPSA) is 54.5 Å². The molecule has 0 N–H and O–H groups in total. The number of amides is 1. The van der Waals surface area contributed by atoms with Gasteiger partial charge in [0.05, 0.1) is 16.5 Å². The normalized spacial score (nSPS) is 20.1. The predicted molar refractivity (Wildman–Crippen MR) is 66.8 cm³/mol. The summed E-state index contributed by atoms with van der Waals surface area (Å²) in [6.45, 7) is 0.00512. The van der Waals surface area contributed by atoms with Crippen molar-refractivity contribution in [2.75, 3.05) is 17.2 Å². The van der Waals surface area contributed by atoms with Crippen LogP contribution in [0.4, 0.5) is 14.0 Å². The van der Waals surface area contributed by atoms with Crippen LogP contribution in [0.5, 0.6) is 0 Å². The lowest BCUT2D eigenvalue weighted by Gasteiger charge is -2.18. The molecule has 104 valence electrons. The van der Waals surface area contributed by atoms with Gasteiger partial charge in [-0.15, -0.1) is 3.89 Å². The van der Waals surface area contributed by atoms with Crippen LogP contribution < -0.4 is 4.90 Å². The minimum absolute atomic E-state index is 0.00512. The molecule has 1 heterocycles. The molecule has 1 amide bonds. The summed E-state index contributed by atoms with van der Waals surface area (Å²) in [5.74, 6) is -2.33. The number of carbonyl (C=O) groups excluding carboxylic acids is 1. The molecule has 1 saturated heterocycles. The summed E-state index contributed by atoms with van der Waals surface area (Å²) in [5, 5.41) is 0.179. The lowest BCUT2D eigenvalue weighted by Crippen LogP contribution is -2.25. The van der Waals surface area contributed by atoms with Gasteiger partial charge in [0, 0.05) is 18.9 Å². The van der Waals surface area contributed by atoms with Crippen LogP contribution in [0.1, 0.15) is 6.42 Å². The standard InChI is InChI=1S/C11H10ClF2NO3S/c12-9-2-1-8(13)4-10(9)15-5-7(3-11(15)16)6-19(14,17)18/h1-2,4,7H,3,5-6H2. The Balaban J connectivity index is 2.23. The SMILES string of the molecule is O=C1CC(CS(=O)(=O)F)CN1c1cc(F)ccc1Cl. The molecular weight excluding hydrogens is 300 g/mol. The smallest absolute Gasteiger partial charge is 0.302 e. The highest BCUT2D eigenvalue weighted by atomic mass is 35.5. The summed E-state index contributed by atoms with van der Waals surface area (Å²) in [7, 11) is -4.64. The van der Waals surface area contributed by atoms with Crippen molar-refractivity contribution in [3.63, 3.8) is 0 Å². The highest BCUT2D eigenvalue weighted by Crippen LogP contribution is 2.32. The van der Waals surface area contributed by atoms with E-state index in [9.17, 15) is 21.5 Å². The molecule has 19 heavy (non-hydrogen) atoms. The van der Waals surface area contributed by atoms with Crippen LogP contribution in [0.25, 0.3) is 0 Å². The number of nitrogens with zero attached hydrogens (tertiary/aromatic N) is 1. The number of halogens is 3. The maximum atomic E-state index is 13.1. The van der Waals surface area contributed by atoms with Crippen LogP contribution in [-0.2, 0) is 15.0 Å². The van der Waals surface area contributed by atoms with Gasteiger partial charge >= 0.3 is 10.2 Å². The van der Waals surface area contributed by atoms with Gasteiger partial charge in [-0.05, 0) is 18.2 Å². The van der Waals surface area contributed by atoms with Crippen molar-refractivity contribution >= 4 is 33.4 Å². The lowest BCUT2D eigenvalue weighted by atomic mass is 10.1. The Labute approximate surface area is 114 Å². The average Bonchev–Trinajstić information content (AvgIpc) is 2.60. The minimum atomic E-state index is -4.64. The molecule has 1 aliphatic heterocycles. The zero-order valence-electron chi connectivity index (χ0n) is 9.64. The number of hydrogen-bond donors (Lipinski definition) is 0. The van der Waals surface area contributed by atoms with Crippen LogP contribution >= 0.6 is 11.6 Å². The Morgan fingerprint density at radius 3 is 2.74 bits per heavy atom. The van der Waals surface area contributed by atoms with Gasteiger partial charge < -0.3 is 4.90 Å². The van der Waals surface area contributed by atoms with Crippen LogP contribution in [-0.4, -0.2) is 26.6 Å². The fraction of sp³-hybridized carbons (Fsp3) is 0.364. The number of benzene rings is 1. The first kappa shape index (κ1) is 14.2. The summed E-state index contributed by atoms with van der Waals surface area (Å²) >= 11 is 5.87. The molecule has 1 atom stereocenters. The van der Waals surface area contributed by atoms with Crippen LogP contribution in [0.3, 0.4) is 0 Å². The molecule has 1 fully saturated rings. The van der Waals surface area contributed by atoms with E-state index >= 15 is 0 Å². The second-order valence-electron chi connectivity index (χ2n) is 4.38. The van der Waals surface area contributed by atoms with Crippen molar-refractivity contribution in [3.8, 4) is 0 Å². The van der Waals surface area contributed by atoms with E-state index in [1.807, 2.05) is 0 Å². The predicted octanol–water partition coefficient (Wildman–Crippen LogP) is 2.13. The molecule has 1 aliphatic rings. The second kappa shape index (κ2) is 5.05. The van der Waals surface area contributed by atoms with Crippen molar-refractivity contribution in [1.29, 1.82) is 0 Å². The Hall–Kier alpha value is -1.21. The van der Waals surface area contributed by atoms with E-state index < -0.39 is 33.6 Å². The Bertz CT molecular complexity index is 620. The maximum absolute atomic E-state index is 13.1. The molecule has 1 aromatic rings. The third-order valence-electron chi connectivity index (χ3n) is 2.84. The van der Waals surface area contributed by atoms with Crippen LogP contribution in [0.15, 0.2) is 18.2 Å². The number of hydrogen-bond acceptors (Lipinski definition) is 3. The third kappa shape index (κ3) is 3.42. The summed E-state index contributed by atoms with van der Waals surface area (Å²) < 4.78 is 46.9. The van der Waals surface area contributed by atoms with Gasteiger partial charge in [0.15, 0.2) is 0 Å². The summed E-state index contributed by atoms with van der Waals surface area (Å²) in [6.07, 6.45) is -0.101. The monoisotopic (exact) mass is 309 g/mol. The van der Waals surface area contributed by atoms with E-state index in [-0.39, 0.29) is 23.7 Å². The molecule has 4 nitrogen and oxygen atoms in total. The summed E-state index contributed by atoms with van der Waals surface area (Å²) in [5.41, 5.74) is 0.172. The molecule has 2 rings (SSSR count). The van der Waals surface area contributed by atoms with Crippen molar-refractivity contribution in [2.24, 2.45) is 5.92 Å². The van der Waals surface area contributed by atoms with E-state index in [2.05, 4.69) is 0 Å². The highest BCUT2D eigenvalue weighted by Gasteiger charge is 2.34. The lowest BCUT2D eigenvalue weighted by molar-refractivity contribution is -0.117. The van der Waals surface area contributed by atoms with E-state index in [4.69, 9.17) is 11.6 Å². The fourth-order valence-electron chi connectivity index (χ4n) is 2.10. The molecule has 0 spiro atoms. The van der Waals surface area contributed by atoms with Gasteiger partial charge in [-0.3, -0.25) is 4.79 Å². The number of carbonyl (C=O) groups is 1. The fourth-order valence-corrected chi connectivity index (χ4v) is 3.11. The summed E-state index contributed by atoms with van der Waals surface area (Å²) in [6, 6.07) is 3.54. The van der Waals surface area contributed by atoms with Crippen LogP contribution in [0, 0.1) is 11.7 Å². The Kier molecular flexibility index (Phi) is 3.78. The van der Waals surface area contributed by atoms with Gasteiger partial charge in [-0.25, -0.2) is 4.39 Å². The quantitative estimate of drug-likeness (QED) is 0.804. The molecular formula is C11H10ClF2NO3S. The molecule has 8 heteroatoms. The largest absolute Gasteiger partial charge is 0.310 e. The highest BCUT2D eigenvalue weighted by molar-refractivity contribution is 7.86. The van der Waals surface area contributed by atoms with Gasteiger partial charge in [0.2, 0.25) is 5.91 Å². The van der Waals surface area contributed by atoms with E-state index in [1.165, 1.54) is 11.0 Å². The van der Waals surface area contributed by atoms with Gasteiger partial charge in [0.25, 0.3) is 0 Å². The molecule has 0 aliphatic carbocycles. The van der Waals surface area contributed by atoms with Gasteiger partial charge in [-0.2, -0.15) is 8.42 Å². The molecule has 1 aromatic carbocycles. The van der Waals surface area contributed by atoms with E-state index in [0.717, 1.165) is 12.1 Å². The molecule has 0 aromatic heterocycles. The van der Waals surface area contributed by atoms with Crippen molar-refractivity contribution in [2.45, 2.75) is 6.42 Å². The maximum Gasteiger partial charge on any atom is 0.302 e. The van der Waals surface area contributed by atoms with Crippen molar-refractivity contribution < 1.29 is 21.5 Å². The van der Waals surface area contributed by atoms with Gasteiger partial charge in [0.1, 0.15) is 5.82 Å². The molecule has 1 unspecified atom stereocenters. The molecule has 0 saturated carbocycles. The number of anilines is 1. The van der Waals surface area contributed by atoms with Crippen molar-refractivity contribution in [3.05, 3.63) is 29.0 Å². The first-order valence-corrected chi connectivity index (χ1v) is 7.37. The van der Waals surface area contributed by atoms with Crippen LogP contribution in [0.2, 0.25) is 5.02 Å². The van der Waals surface area contributed by atoms with E-state index in [1.54, 1.807) is 0 Å². The average molecular weight is 310 g/mol. The summed E-state index contributed by atoms with van der Waals surface area (Å²) in [4.78, 5) is 12.9. The first-order chi connectivity index (χ1) is 8.76. The zero-order chi connectivity index (χ0) is 14.2. The minimum Gasteiger partial charge on any atom is -0.310 e. The molecule has 0 radical (unpaired) electrons.